The van der Waals surface area contributed by atoms with E-state index in [-0.39, 0.29) is 11.3 Å². The third-order valence-corrected chi connectivity index (χ3v) is 2.48. The summed E-state index contributed by atoms with van der Waals surface area (Å²) < 4.78 is 10.5. The molecule has 0 saturated heterocycles. The van der Waals surface area contributed by atoms with E-state index in [0.29, 0.717) is 5.57 Å². The van der Waals surface area contributed by atoms with Crippen molar-refractivity contribution in [2.75, 3.05) is 0 Å². The monoisotopic (exact) mass is 288 g/mol. The molecule has 0 aromatic heterocycles. The topological polar surface area (TPSA) is 52.6 Å². The Labute approximate surface area is 125 Å². The largest absolute Gasteiger partial charge is 0.456 e. The van der Waals surface area contributed by atoms with Gasteiger partial charge in [0.2, 0.25) is 0 Å². The first-order chi connectivity index (χ1) is 9.78. The van der Waals surface area contributed by atoms with Crippen LogP contribution in [-0.4, -0.2) is 17.5 Å². The van der Waals surface area contributed by atoms with Crippen molar-refractivity contribution in [3.05, 3.63) is 54.1 Å². The SMILES string of the molecule is C=C/C(=C\C)C(=O)Oc1ccccc1C(=O)OC(C)(C)C. The van der Waals surface area contributed by atoms with Crippen LogP contribution in [-0.2, 0) is 9.53 Å². The maximum absolute atomic E-state index is 12.1. The van der Waals surface area contributed by atoms with E-state index in [2.05, 4.69) is 6.58 Å². The van der Waals surface area contributed by atoms with Crippen LogP contribution in [0.2, 0.25) is 0 Å². The van der Waals surface area contributed by atoms with Crippen molar-refractivity contribution in [3.8, 4) is 5.75 Å². The predicted molar refractivity (Wildman–Crippen MR) is 81.2 cm³/mol. The lowest BCUT2D eigenvalue weighted by Crippen LogP contribution is -2.24. The second kappa shape index (κ2) is 6.88. The van der Waals surface area contributed by atoms with Gasteiger partial charge in [-0.3, -0.25) is 0 Å². The molecule has 112 valence electrons. The molecular weight excluding hydrogens is 268 g/mol. The van der Waals surface area contributed by atoms with E-state index in [1.807, 2.05) is 0 Å². The minimum atomic E-state index is -0.621. The van der Waals surface area contributed by atoms with Crippen LogP contribution in [0.15, 0.2) is 48.6 Å². The van der Waals surface area contributed by atoms with Gasteiger partial charge < -0.3 is 9.47 Å². The number of carbonyl (C=O) groups is 2. The molecule has 0 fully saturated rings. The van der Waals surface area contributed by atoms with Gasteiger partial charge in [-0.25, -0.2) is 9.59 Å². The fourth-order valence-corrected chi connectivity index (χ4v) is 1.54. The van der Waals surface area contributed by atoms with Crippen molar-refractivity contribution in [1.29, 1.82) is 0 Å². The van der Waals surface area contributed by atoms with E-state index in [1.54, 1.807) is 58.0 Å². The molecule has 0 radical (unpaired) electrons. The van der Waals surface area contributed by atoms with Crippen molar-refractivity contribution < 1.29 is 19.1 Å². The predicted octanol–water partition coefficient (Wildman–Crippen LogP) is 3.68. The van der Waals surface area contributed by atoms with E-state index in [1.165, 1.54) is 6.08 Å². The quantitative estimate of drug-likeness (QED) is 0.367. The third-order valence-electron chi connectivity index (χ3n) is 2.48. The third kappa shape index (κ3) is 4.91. The summed E-state index contributed by atoms with van der Waals surface area (Å²) in [5, 5.41) is 0. The Morgan fingerprint density at radius 1 is 1.19 bits per heavy atom. The van der Waals surface area contributed by atoms with Gasteiger partial charge in [-0.05, 0) is 39.8 Å². The first-order valence-electron chi connectivity index (χ1n) is 6.62. The molecule has 0 spiro atoms. The molecule has 1 aromatic rings. The normalized spacial score (nSPS) is 11.7. The molecule has 0 bridgehead atoms. The molecule has 0 heterocycles. The molecule has 0 aliphatic heterocycles. The number of carbonyl (C=O) groups excluding carboxylic acids is 2. The van der Waals surface area contributed by atoms with Gasteiger partial charge in [0.15, 0.2) is 0 Å². The van der Waals surface area contributed by atoms with Crippen LogP contribution < -0.4 is 4.74 Å². The molecule has 4 nitrogen and oxygen atoms in total. The molecule has 0 N–H and O–H groups in total. The lowest BCUT2D eigenvalue weighted by atomic mass is 10.1. The lowest BCUT2D eigenvalue weighted by Gasteiger charge is -2.20. The van der Waals surface area contributed by atoms with Gasteiger partial charge in [-0.1, -0.05) is 30.9 Å². The minimum Gasteiger partial charge on any atom is -0.456 e. The molecule has 0 unspecified atom stereocenters. The molecule has 0 saturated carbocycles. The van der Waals surface area contributed by atoms with Crippen LogP contribution in [0, 0.1) is 0 Å². The Balaban J connectivity index is 3.03. The highest BCUT2D eigenvalue weighted by atomic mass is 16.6. The highest BCUT2D eigenvalue weighted by Gasteiger charge is 2.22. The van der Waals surface area contributed by atoms with Crippen molar-refractivity contribution in [2.24, 2.45) is 0 Å². The standard InChI is InChI=1S/C17H20O4/c1-6-12(7-2)15(18)20-14-11-9-8-10-13(14)16(19)21-17(3,4)5/h6-11H,1H2,2-5H3/b12-7+. The van der Waals surface area contributed by atoms with Gasteiger partial charge in [0.1, 0.15) is 16.9 Å². The molecule has 0 aliphatic carbocycles. The number of benzene rings is 1. The van der Waals surface area contributed by atoms with Crippen LogP contribution in [0.25, 0.3) is 0 Å². The smallest absolute Gasteiger partial charge is 0.343 e. The lowest BCUT2D eigenvalue weighted by molar-refractivity contribution is -0.129. The highest BCUT2D eigenvalue weighted by molar-refractivity contribution is 5.97. The van der Waals surface area contributed by atoms with E-state index < -0.39 is 17.5 Å². The second-order valence-corrected chi connectivity index (χ2v) is 5.34. The molecule has 4 heteroatoms. The van der Waals surface area contributed by atoms with Crippen LogP contribution in [0.5, 0.6) is 5.75 Å². The zero-order valence-electron chi connectivity index (χ0n) is 12.8. The number of para-hydroxylation sites is 1. The first kappa shape index (κ1) is 16.7. The Morgan fingerprint density at radius 2 is 1.81 bits per heavy atom. The number of rotatable bonds is 4. The molecule has 0 atom stereocenters. The number of esters is 2. The maximum Gasteiger partial charge on any atom is 0.343 e. The molecule has 0 aliphatic rings. The average molecular weight is 288 g/mol. The summed E-state index contributed by atoms with van der Waals surface area (Å²) in [6, 6.07) is 6.47. The van der Waals surface area contributed by atoms with Gasteiger partial charge in [-0.2, -0.15) is 0 Å². The second-order valence-electron chi connectivity index (χ2n) is 5.34. The average Bonchev–Trinajstić information content (AvgIpc) is 2.38. The van der Waals surface area contributed by atoms with Gasteiger partial charge >= 0.3 is 11.9 Å². The summed E-state index contributed by atoms with van der Waals surface area (Å²) in [5.74, 6) is -0.937. The van der Waals surface area contributed by atoms with Crippen molar-refractivity contribution in [1.82, 2.24) is 0 Å². The Bertz CT molecular complexity index is 577. The van der Waals surface area contributed by atoms with E-state index in [0.717, 1.165) is 0 Å². The molecule has 0 amide bonds. The molecule has 21 heavy (non-hydrogen) atoms. The maximum atomic E-state index is 12.1. The van der Waals surface area contributed by atoms with Gasteiger partial charge in [0.25, 0.3) is 0 Å². The fraction of sp³-hybridized carbons (Fsp3) is 0.294. The molecule has 1 rings (SSSR count). The summed E-state index contributed by atoms with van der Waals surface area (Å²) in [4.78, 5) is 24.0. The van der Waals surface area contributed by atoms with Crippen LogP contribution in [0.3, 0.4) is 0 Å². The van der Waals surface area contributed by atoms with E-state index in [4.69, 9.17) is 9.47 Å². The Hall–Kier alpha value is -2.36. The fourth-order valence-electron chi connectivity index (χ4n) is 1.54. The van der Waals surface area contributed by atoms with Crippen molar-refractivity contribution in [3.63, 3.8) is 0 Å². The summed E-state index contributed by atoms with van der Waals surface area (Å²) in [7, 11) is 0. The highest BCUT2D eigenvalue weighted by Crippen LogP contribution is 2.22. The zero-order valence-corrected chi connectivity index (χ0v) is 12.8. The van der Waals surface area contributed by atoms with Gasteiger partial charge in [-0.15, -0.1) is 0 Å². The summed E-state index contributed by atoms with van der Waals surface area (Å²) in [6.07, 6.45) is 2.99. The Kier molecular flexibility index (Phi) is 5.47. The van der Waals surface area contributed by atoms with Crippen LogP contribution in [0.1, 0.15) is 38.1 Å². The zero-order chi connectivity index (χ0) is 16.0. The van der Waals surface area contributed by atoms with Gasteiger partial charge in [0.05, 0.1) is 5.57 Å². The van der Waals surface area contributed by atoms with E-state index >= 15 is 0 Å². The van der Waals surface area contributed by atoms with Gasteiger partial charge in [0, 0.05) is 0 Å². The summed E-state index contributed by atoms with van der Waals surface area (Å²) in [6.45, 7) is 10.6. The van der Waals surface area contributed by atoms with Crippen molar-refractivity contribution >= 4 is 11.9 Å². The van der Waals surface area contributed by atoms with Crippen LogP contribution >= 0.6 is 0 Å². The molecular formula is C17H20O4. The number of hydrogen-bond donors (Lipinski definition) is 0. The summed E-state index contributed by atoms with van der Waals surface area (Å²) in [5.41, 5.74) is -0.0849. The van der Waals surface area contributed by atoms with Crippen LogP contribution in [0.4, 0.5) is 0 Å². The Morgan fingerprint density at radius 3 is 2.33 bits per heavy atom. The molecule has 1 aromatic carbocycles. The first-order valence-corrected chi connectivity index (χ1v) is 6.62. The minimum absolute atomic E-state index is 0.165. The van der Waals surface area contributed by atoms with E-state index in [9.17, 15) is 9.59 Å². The summed E-state index contributed by atoms with van der Waals surface area (Å²) >= 11 is 0. The number of hydrogen-bond acceptors (Lipinski definition) is 4. The van der Waals surface area contributed by atoms with Crippen molar-refractivity contribution in [2.45, 2.75) is 33.3 Å². The number of allylic oxidation sites excluding steroid dienone is 1. The number of ether oxygens (including phenoxy) is 2.